The minimum absolute atomic E-state index is 0.533. The molecule has 0 spiro atoms. The van der Waals surface area contributed by atoms with Crippen LogP contribution in [0.4, 0.5) is 0 Å². The number of aliphatic imine (C=N–C) groups is 2. The minimum Gasteiger partial charge on any atom is -0.382 e. The van der Waals surface area contributed by atoms with E-state index < -0.39 is 0 Å². The van der Waals surface area contributed by atoms with Crippen molar-refractivity contribution in [3.05, 3.63) is 0 Å². The fourth-order valence-electron chi connectivity index (χ4n) is 2.82. The number of rotatable bonds is 4. The van der Waals surface area contributed by atoms with Crippen LogP contribution < -0.4 is 0 Å². The zero-order chi connectivity index (χ0) is 14.5. The summed E-state index contributed by atoms with van der Waals surface area (Å²) < 4.78 is 4.83. The van der Waals surface area contributed by atoms with Crippen molar-refractivity contribution < 1.29 is 4.74 Å². The average molecular weight is 280 g/mol. The molecular weight excluding hydrogens is 248 g/mol. The molecular formula is C17H32N2O. The molecule has 116 valence electrons. The third-order valence-electron chi connectivity index (χ3n) is 4.04. The van der Waals surface area contributed by atoms with Crippen LogP contribution in [0, 0.1) is 0 Å². The zero-order valence-corrected chi connectivity index (χ0v) is 13.4. The van der Waals surface area contributed by atoms with Crippen LogP contribution in [-0.4, -0.2) is 31.3 Å². The van der Waals surface area contributed by atoms with Gasteiger partial charge < -0.3 is 4.74 Å². The molecule has 2 fully saturated rings. The molecule has 0 bridgehead atoms. The van der Waals surface area contributed by atoms with Gasteiger partial charge in [-0.1, -0.05) is 38.5 Å². The highest BCUT2D eigenvalue weighted by molar-refractivity contribution is 5.42. The van der Waals surface area contributed by atoms with E-state index in [0.29, 0.717) is 12.1 Å². The molecule has 20 heavy (non-hydrogen) atoms. The molecule has 3 heteroatoms. The van der Waals surface area contributed by atoms with E-state index in [9.17, 15) is 0 Å². The second kappa shape index (κ2) is 12.1. The van der Waals surface area contributed by atoms with Crippen molar-refractivity contribution >= 4 is 6.01 Å². The van der Waals surface area contributed by atoms with Crippen LogP contribution in [0.3, 0.4) is 0 Å². The first-order valence-electron chi connectivity index (χ1n) is 8.59. The quantitative estimate of drug-likeness (QED) is 0.676. The SMILES string of the molecule is C(=NC1CCCCC1)=NC1CCCCC1.CCOCC. The second-order valence-electron chi connectivity index (χ2n) is 5.72. The third kappa shape index (κ3) is 8.50. The monoisotopic (exact) mass is 280 g/mol. The molecule has 2 saturated carbocycles. The molecule has 0 saturated heterocycles. The number of hydrogen-bond acceptors (Lipinski definition) is 3. The van der Waals surface area contributed by atoms with Crippen LogP contribution >= 0.6 is 0 Å². The lowest BCUT2D eigenvalue weighted by Crippen LogP contribution is -2.10. The van der Waals surface area contributed by atoms with Crippen molar-refractivity contribution in [1.82, 2.24) is 0 Å². The van der Waals surface area contributed by atoms with Crippen LogP contribution in [0.25, 0.3) is 0 Å². The lowest BCUT2D eigenvalue weighted by Gasteiger charge is -2.17. The summed E-state index contributed by atoms with van der Waals surface area (Å²) in [7, 11) is 0. The maximum atomic E-state index is 4.83. The predicted molar refractivity (Wildman–Crippen MR) is 85.8 cm³/mol. The van der Waals surface area contributed by atoms with Crippen LogP contribution in [0.1, 0.15) is 78.1 Å². The maximum Gasteiger partial charge on any atom is 0.0898 e. The third-order valence-corrected chi connectivity index (χ3v) is 4.04. The van der Waals surface area contributed by atoms with Gasteiger partial charge in [-0.2, -0.15) is 0 Å². The van der Waals surface area contributed by atoms with E-state index in [1.807, 2.05) is 13.8 Å². The molecule has 2 aliphatic carbocycles. The Bertz CT molecular complexity index is 249. The van der Waals surface area contributed by atoms with Gasteiger partial charge in [0, 0.05) is 13.2 Å². The molecule has 0 unspecified atom stereocenters. The van der Waals surface area contributed by atoms with Crippen LogP contribution in [0.5, 0.6) is 0 Å². The van der Waals surface area contributed by atoms with Gasteiger partial charge in [0.05, 0.1) is 18.1 Å². The van der Waals surface area contributed by atoms with Crippen LogP contribution in [0.2, 0.25) is 0 Å². The van der Waals surface area contributed by atoms with Crippen LogP contribution in [-0.2, 0) is 4.74 Å². The Morgan fingerprint density at radius 1 is 0.750 bits per heavy atom. The van der Waals surface area contributed by atoms with E-state index in [4.69, 9.17) is 4.74 Å². The molecule has 2 rings (SSSR count). The summed E-state index contributed by atoms with van der Waals surface area (Å²) in [4.78, 5) is 8.92. The molecule has 0 heterocycles. The first kappa shape index (κ1) is 17.4. The zero-order valence-electron chi connectivity index (χ0n) is 13.4. The van der Waals surface area contributed by atoms with E-state index in [-0.39, 0.29) is 0 Å². The summed E-state index contributed by atoms with van der Waals surface area (Å²) in [6.45, 7) is 5.67. The van der Waals surface area contributed by atoms with Gasteiger partial charge in [0.15, 0.2) is 0 Å². The number of hydrogen-bond donors (Lipinski definition) is 0. The molecule has 0 aromatic heterocycles. The average Bonchev–Trinajstić information content (AvgIpc) is 2.51. The fraction of sp³-hybridized carbons (Fsp3) is 0.941. The molecule has 0 aromatic rings. The number of ether oxygens (including phenoxy) is 1. The van der Waals surface area contributed by atoms with Crippen molar-refractivity contribution in [2.75, 3.05) is 13.2 Å². The Labute approximate surface area is 124 Å². The van der Waals surface area contributed by atoms with E-state index in [1.165, 1.54) is 64.2 Å². The van der Waals surface area contributed by atoms with Gasteiger partial charge in [-0.05, 0) is 39.5 Å². The first-order valence-corrected chi connectivity index (χ1v) is 8.59. The molecule has 3 nitrogen and oxygen atoms in total. The van der Waals surface area contributed by atoms with E-state index in [2.05, 4.69) is 16.0 Å². The van der Waals surface area contributed by atoms with Crippen molar-refractivity contribution in [2.24, 2.45) is 9.98 Å². The normalized spacial score (nSPS) is 20.5. The Hall–Kier alpha value is -0.660. The summed E-state index contributed by atoms with van der Waals surface area (Å²) >= 11 is 0. The summed E-state index contributed by atoms with van der Waals surface area (Å²) in [5.41, 5.74) is 0. The molecule has 2 aliphatic rings. The van der Waals surface area contributed by atoms with Gasteiger partial charge in [0.1, 0.15) is 0 Å². The molecule has 0 amide bonds. The second-order valence-corrected chi connectivity index (χ2v) is 5.72. The Balaban J connectivity index is 0.000000347. The molecule has 0 aliphatic heterocycles. The highest BCUT2D eigenvalue weighted by atomic mass is 16.5. The smallest absolute Gasteiger partial charge is 0.0898 e. The highest BCUT2D eigenvalue weighted by Crippen LogP contribution is 2.21. The van der Waals surface area contributed by atoms with E-state index >= 15 is 0 Å². The van der Waals surface area contributed by atoms with Gasteiger partial charge in [-0.3, -0.25) is 0 Å². The van der Waals surface area contributed by atoms with Gasteiger partial charge >= 0.3 is 0 Å². The molecule has 0 aromatic carbocycles. The van der Waals surface area contributed by atoms with Crippen molar-refractivity contribution in [2.45, 2.75) is 90.1 Å². The van der Waals surface area contributed by atoms with Crippen molar-refractivity contribution in [3.63, 3.8) is 0 Å². The van der Waals surface area contributed by atoms with Gasteiger partial charge in [-0.15, -0.1) is 0 Å². The van der Waals surface area contributed by atoms with Crippen LogP contribution in [0.15, 0.2) is 9.98 Å². The summed E-state index contributed by atoms with van der Waals surface area (Å²) in [5, 5.41) is 0. The molecule has 0 N–H and O–H groups in total. The van der Waals surface area contributed by atoms with Gasteiger partial charge in [0.25, 0.3) is 0 Å². The summed E-state index contributed by atoms with van der Waals surface area (Å²) in [5.74, 6) is 0. The minimum atomic E-state index is 0.533. The highest BCUT2D eigenvalue weighted by Gasteiger charge is 2.12. The lowest BCUT2D eigenvalue weighted by molar-refractivity contribution is 0.162. The first-order chi connectivity index (χ1) is 9.86. The Morgan fingerprint density at radius 2 is 1.15 bits per heavy atom. The topological polar surface area (TPSA) is 34.0 Å². The summed E-state index contributed by atoms with van der Waals surface area (Å²) in [6.07, 6.45) is 13.2. The standard InChI is InChI=1S/C13H22N2.C4H10O/c1-3-7-12(8-4-1)14-11-15-13-9-5-2-6-10-13;1-3-5-4-2/h12-13H,1-10H2;3-4H2,1-2H3. The lowest BCUT2D eigenvalue weighted by atomic mass is 9.96. The van der Waals surface area contributed by atoms with Gasteiger partial charge in [0.2, 0.25) is 0 Å². The van der Waals surface area contributed by atoms with Gasteiger partial charge in [-0.25, -0.2) is 9.98 Å². The largest absolute Gasteiger partial charge is 0.382 e. The Kier molecular flexibility index (Phi) is 10.5. The summed E-state index contributed by atoms with van der Waals surface area (Å²) in [6, 6.07) is 4.04. The maximum absolute atomic E-state index is 4.83. The number of nitrogens with zero attached hydrogens (tertiary/aromatic N) is 2. The van der Waals surface area contributed by atoms with E-state index in [1.54, 1.807) is 0 Å². The van der Waals surface area contributed by atoms with Crippen molar-refractivity contribution in [3.8, 4) is 0 Å². The Morgan fingerprint density at radius 3 is 1.45 bits per heavy atom. The van der Waals surface area contributed by atoms with E-state index in [0.717, 1.165) is 13.2 Å². The fourth-order valence-corrected chi connectivity index (χ4v) is 2.82. The molecule has 0 atom stereocenters. The van der Waals surface area contributed by atoms with Crippen molar-refractivity contribution in [1.29, 1.82) is 0 Å². The predicted octanol–water partition coefficient (Wildman–Crippen LogP) is 4.87. The molecule has 0 radical (unpaired) electrons.